The summed E-state index contributed by atoms with van der Waals surface area (Å²) in [5, 5.41) is 21.1. The molecule has 0 fully saturated rings. The first-order valence-electron chi connectivity index (χ1n) is 5.13. The van der Waals surface area contributed by atoms with E-state index in [1.807, 2.05) is 6.07 Å². The first kappa shape index (κ1) is 13.0. The van der Waals surface area contributed by atoms with Gasteiger partial charge in [0, 0.05) is 17.1 Å². The van der Waals surface area contributed by atoms with Gasteiger partial charge in [-0.25, -0.2) is 4.98 Å². The molecule has 2 aromatic rings. The minimum atomic E-state index is -0.702. The standard InChI is InChI=1S/C11H10N2O3S2/c1-7(14)9-6-8(13(15)16)11(17-9)18-10-4-2-3-5-12-10/h2-7,14H,1H3/t7-/m1/s1. The molecule has 0 spiro atoms. The predicted molar refractivity (Wildman–Crippen MR) is 70.0 cm³/mol. The fourth-order valence-electron chi connectivity index (χ4n) is 1.29. The van der Waals surface area contributed by atoms with Gasteiger partial charge in [0.25, 0.3) is 5.69 Å². The van der Waals surface area contributed by atoms with Crippen LogP contribution in [0.25, 0.3) is 0 Å². The van der Waals surface area contributed by atoms with Crippen LogP contribution < -0.4 is 0 Å². The molecule has 0 aliphatic rings. The third kappa shape index (κ3) is 2.87. The van der Waals surface area contributed by atoms with E-state index in [9.17, 15) is 15.2 Å². The Labute approximate surface area is 112 Å². The average Bonchev–Trinajstić information content (AvgIpc) is 2.74. The maximum Gasteiger partial charge on any atom is 0.294 e. The number of thiophene rings is 1. The highest BCUT2D eigenvalue weighted by molar-refractivity contribution is 8.01. The summed E-state index contributed by atoms with van der Waals surface area (Å²) < 4.78 is 0.537. The highest BCUT2D eigenvalue weighted by Gasteiger charge is 2.22. The third-order valence-electron chi connectivity index (χ3n) is 2.14. The SMILES string of the molecule is C[C@@H](O)c1cc([N+](=O)[O-])c(Sc2ccccn2)s1. The second-order valence-electron chi connectivity index (χ2n) is 3.52. The molecule has 0 unspecified atom stereocenters. The molecule has 0 aromatic carbocycles. The van der Waals surface area contributed by atoms with E-state index in [1.165, 1.54) is 29.2 Å². The Morgan fingerprint density at radius 1 is 1.56 bits per heavy atom. The summed E-state index contributed by atoms with van der Waals surface area (Å²) in [6, 6.07) is 6.81. The Bertz CT molecular complexity index is 555. The number of nitro groups is 1. The summed E-state index contributed by atoms with van der Waals surface area (Å²) in [4.78, 5) is 15.2. The van der Waals surface area contributed by atoms with Gasteiger partial charge in [0.2, 0.25) is 0 Å². The van der Waals surface area contributed by atoms with Crippen LogP contribution in [0.1, 0.15) is 17.9 Å². The summed E-state index contributed by atoms with van der Waals surface area (Å²) in [7, 11) is 0. The van der Waals surface area contributed by atoms with Gasteiger partial charge < -0.3 is 5.11 Å². The monoisotopic (exact) mass is 282 g/mol. The molecule has 0 bridgehead atoms. The molecule has 0 saturated heterocycles. The van der Waals surface area contributed by atoms with E-state index in [1.54, 1.807) is 25.3 Å². The summed E-state index contributed by atoms with van der Waals surface area (Å²) in [6.45, 7) is 1.59. The van der Waals surface area contributed by atoms with Crippen LogP contribution in [0.15, 0.2) is 39.7 Å². The van der Waals surface area contributed by atoms with E-state index in [0.29, 0.717) is 14.1 Å². The van der Waals surface area contributed by atoms with Gasteiger partial charge in [-0.1, -0.05) is 17.8 Å². The first-order chi connectivity index (χ1) is 8.58. The zero-order chi connectivity index (χ0) is 13.1. The minimum Gasteiger partial charge on any atom is -0.388 e. The molecule has 2 aromatic heterocycles. The Hall–Kier alpha value is -1.44. The van der Waals surface area contributed by atoms with E-state index < -0.39 is 11.0 Å². The number of pyridine rings is 1. The normalized spacial score (nSPS) is 12.3. The summed E-state index contributed by atoms with van der Waals surface area (Å²) in [6.07, 6.45) is 0.934. The molecule has 18 heavy (non-hydrogen) atoms. The van der Waals surface area contributed by atoms with Crippen molar-refractivity contribution in [2.24, 2.45) is 0 Å². The van der Waals surface area contributed by atoms with Gasteiger partial charge in [0.1, 0.15) is 9.24 Å². The molecule has 2 heterocycles. The number of aromatic nitrogens is 1. The maximum absolute atomic E-state index is 10.9. The lowest BCUT2D eigenvalue weighted by molar-refractivity contribution is -0.387. The molecule has 7 heteroatoms. The van der Waals surface area contributed by atoms with Crippen molar-refractivity contribution in [1.82, 2.24) is 4.98 Å². The van der Waals surface area contributed by atoms with Gasteiger partial charge in [-0.05, 0) is 19.1 Å². The summed E-state index contributed by atoms with van der Waals surface area (Å²) >= 11 is 2.46. The average molecular weight is 282 g/mol. The van der Waals surface area contributed by atoms with Crippen molar-refractivity contribution in [3.63, 3.8) is 0 Å². The third-order valence-corrected chi connectivity index (χ3v) is 4.58. The Kier molecular flexibility index (Phi) is 3.95. The van der Waals surface area contributed by atoms with E-state index in [-0.39, 0.29) is 5.69 Å². The molecule has 0 radical (unpaired) electrons. The number of hydrogen-bond donors (Lipinski definition) is 1. The molecule has 0 amide bonds. The highest BCUT2D eigenvalue weighted by atomic mass is 32.2. The van der Waals surface area contributed by atoms with Crippen molar-refractivity contribution in [2.45, 2.75) is 22.3 Å². The number of rotatable bonds is 4. The zero-order valence-corrected chi connectivity index (χ0v) is 11.1. The molecule has 0 aliphatic carbocycles. The van der Waals surface area contributed by atoms with Crippen LogP contribution >= 0.6 is 23.1 Å². The molecule has 5 nitrogen and oxygen atoms in total. The Balaban J connectivity index is 2.34. The maximum atomic E-state index is 10.9. The van der Waals surface area contributed by atoms with Gasteiger partial charge in [0.15, 0.2) is 0 Å². The molecule has 0 saturated carbocycles. The fraction of sp³-hybridized carbons (Fsp3) is 0.182. The van der Waals surface area contributed by atoms with Crippen LogP contribution in [0.4, 0.5) is 5.69 Å². The number of nitrogens with zero attached hydrogens (tertiary/aromatic N) is 2. The quantitative estimate of drug-likeness (QED) is 0.688. The van der Waals surface area contributed by atoms with Gasteiger partial charge in [-0.3, -0.25) is 10.1 Å². The molecular weight excluding hydrogens is 272 g/mol. The van der Waals surface area contributed by atoms with E-state index in [0.717, 1.165) is 0 Å². The second kappa shape index (κ2) is 5.47. The van der Waals surface area contributed by atoms with Crippen LogP contribution in [-0.2, 0) is 0 Å². The molecule has 94 valence electrons. The topological polar surface area (TPSA) is 76.3 Å². The lowest BCUT2D eigenvalue weighted by Gasteiger charge is -1.97. The Morgan fingerprint density at radius 2 is 2.33 bits per heavy atom. The van der Waals surface area contributed by atoms with Crippen LogP contribution in [0.2, 0.25) is 0 Å². The lowest BCUT2D eigenvalue weighted by atomic mass is 10.3. The highest BCUT2D eigenvalue weighted by Crippen LogP contribution is 2.42. The van der Waals surface area contributed by atoms with Crippen molar-refractivity contribution in [2.75, 3.05) is 0 Å². The van der Waals surface area contributed by atoms with E-state index >= 15 is 0 Å². The van der Waals surface area contributed by atoms with Crippen LogP contribution in [-0.4, -0.2) is 15.0 Å². The van der Waals surface area contributed by atoms with Gasteiger partial charge in [-0.2, -0.15) is 0 Å². The number of hydrogen-bond acceptors (Lipinski definition) is 6. The smallest absolute Gasteiger partial charge is 0.294 e. The Morgan fingerprint density at radius 3 is 2.89 bits per heavy atom. The van der Waals surface area contributed by atoms with Crippen LogP contribution in [0.3, 0.4) is 0 Å². The summed E-state index contributed by atoms with van der Waals surface area (Å²) in [5.41, 5.74) is 0.0200. The largest absolute Gasteiger partial charge is 0.388 e. The van der Waals surface area contributed by atoms with Gasteiger partial charge >= 0.3 is 0 Å². The lowest BCUT2D eigenvalue weighted by Crippen LogP contribution is -1.87. The first-order valence-corrected chi connectivity index (χ1v) is 6.76. The molecule has 1 atom stereocenters. The van der Waals surface area contributed by atoms with Crippen molar-refractivity contribution in [3.05, 3.63) is 45.5 Å². The number of aliphatic hydroxyl groups excluding tert-OH is 1. The van der Waals surface area contributed by atoms with Crippen molar-refractivity contribution >= 4 is 28.8 Å². The van der Waals surface area contributed by atoms with Crippen LogP contribution in [0.5, 0.6) is 0 Å². The van der Waals surface area contributed by atoms with E-state index in [2.05, 4.69) is 4.98 Å². The predicted octanol–water partition coefficient (Wildman–Crippen LogP) is 3.26. The van der Waals surface area contributed by atoms with Crippen molar-refractivity contribution < 1.29 is 10.0 Å². The van der Waals surface area contributed by atoms with Gasteiger partial charge in [-0.15, -0.1) is 11.3 Å². The zero-order valence-electron chi connectivity index (χ0n) is 9.44. The van der Waals surface area contributed by atoms with Gasteiger partial charge in [0.05, 0.1) is 11.0 Å². The molecule has 0 aliphatic heterocycles. The van der Waals surface area contributed by atoms with E-state index in [4.69, 9.17) is 0 Å². The molecule has 1 N–H and O–H groups in total. The summed E-state index contributed by atoms with van der Waals surface area (Å²) in [5.74, 6) is 0. The van der Waals surface area contributed by atoms with Crippen LogP contribution in [0, 0.1) is 10.1 Å². The number of aliphatic hydroxyl groups is 1. The van der Waals surface area contributed by atoms with Crippen molar-refractivity contribution in [3.8, 4) is 0 Å². The second-order valence-corrected chi connectivity index (χ2v) is 5.90. The molecule has 2 rings (SSSR count). The molecular formula is C11H10N2O3S2. The van der Waals surface area contributed by atoms with Crippen molar-refractivity contribution in [1.29, 1.82) is 0 Å². The fourth-order valence-corrected chi connectivity index (χ4v) is 3.48. The minimum absolute atomic E-state index is 0.0200.